The molecule has 60 valence electrons. The van der Waals surface area contributed by atoms with Gasteiger partial charge in [-0.15, -0.1) is 0 Å². The van der Waals surface area contributed by atoms with Gasteiger partial charge in [0.05, 0.1) is 0 Å². The number of benzene rings is 1. The maximum absolute atomic E-state index is 10.6. The average molecular weight is 304 g/mol. The van der Waals surface area contributed by atoms with Gasteiger partial charge in [-0.05, 0) is 58.3 Å². The molecule has 0 aromatic heterocycles. The molecule has 0 bridgehead atoms. The van der Waals surface area contributed by atoms with Crippen molar-refractivity contribution in [1.82, 2.24) is 0 Å². The fourth-order valence-electron chi connectivity index (χ4n) is 0.738. The number of rotatable bonds is 1. The standard InChI is InChI=1S/C7H7IO2S.Na/c1-5-2-3-6(8)7(4-5)11(9)10;/h2-4H,1H3,(H,9,10);/q;+1/p-1. The van der Waals surface area contributed by atoms with E-state index in [1.807, 2.05) is 35.6 Å². The summed E-state index contributed by atoms with van der Waals surface area (Å²) in [4.78, 5) is 0.380. The van der Waals surface area contributed by atoms with Crippen LogP contribution in [0.2, 0.25) is 0 Å². The summed E-state index contributed by atoms with van der Waals surface area (Å²) in [7, 11) is 0. The van der Waals surface area contributed by atoms with Crippen molar-refractivity contribution in [3.8, 4) is 0 Å². The van der Waals surface area contributed by atoms with Crippen molar-refractivity contribution in [2.24, 2.45) is 0 Å². The summed E-state index contributed by atoms with van der Waals surface area (Å²) >= 11 is -0.109. The van der Waals surface area contributed by atoms with Crippen LogP contribution in [0.25, 0.3) is 0 Å². The quantitative estimate of drug-likeness (QED) is 0.373. The van der Waals surface area contributed by atoms with Crippen LogP contribution in [0.15, 0.2) is 23.1 Å². The van der Waals surface area contributed by atoms with E-state index < -0.39 is 11.1 Å². The predicted octanol–water partition coefficient (Wildman–Crippen LogP) is -1.16. The Hall–Kier alpha value is 1.06. The molecule has 1 aromatic rings. The predicted molar refractivity (Wildman–Crippen MR) is 51.1 cm³/mol. The van der Waals surface area contributed by atoms with E-state index in [9.17, 15) is 8.76 Å². The molecule has 0 N–H and O–H groups in total. The fraction of sp³-hybridized carbons (Fsp3) is 0.143. The zero-order valence-electron chi connectivity index (χ0n) is 6.83. The van der Waals surface area contributed by atoms with Crippen LogP contribution < -0.4 is 29.6 Å². The Balaban J connectivity index is 0.00000121. The van der Waals surface area contributed by atoms with Gasteiger partial charge in [-0.25, -0.2) is 0 Å². The largest absolute Gasteiger partial charge is 1.00 e. The second-order valence-electron chi connectivity index (χ2n) is 2.17. The van der Waals surface area contributed by atoms with Gasteiger partial charge in [0.25, 0.3) is 0 Å². The molecule has 1 aromatic carbocycles. The molecule has 0 aliphatic rings. The zero-order valence-corrected chi connectivity index (χ0v) is 11.8. The molecule has 0 spiro atoms. The van der Waals surface area contributed by atoms with Gasteiger partial charge in [0.1, 0.15) is 0 Å². The van der Waals surface area contributed by atoms with Crippen molar-refractivity contribution in [1.29, 1.82) is 0 Å². The zero-order chi connectivity index (χ0) is 8.43. The van der Waals surface area contributed by atoms with E-state index in [2.05, 4.69) is 0 Å². The molecule has 0 fully saturated rings. The summed E-state index contributed by atoms with van der Waals surface area (Å²) in [5, 5.41) is 0. The van der Waals surface area contributed by atoms with Gasteiger partial charge in [0.15, 0.2) is 0 Å². The third-order valence-electron chi connectivity index (χ3n) is 1.27. The topological polar surface area (TPSA) is 40.1 Å². The van der Waals surface area contributed by atoms with Crippen molar-refractivity contribution < 1.29 is 38.3 Å². The Bertz CT molecular complexity index is 303. The molecule has 0 aliphatic heterocycles. The van der Waals surface area contributed by atoms with Crippen LogP contribution in [0.1, 0.15) is 5.56 Å². The van der Waals surface area contributed by atoms with E-state index in [1.54, 1.807) is 12.1 Å². The third kappa shape index (κ3) is 3.43. The number of halogens is 1. The fourth-order valence-corrected chi connectivity index (χ4v) is 2.12. The van der Waals surface area contributed by atoms with E-state index in [0.29, 0.717) is 4.90 Å². The first-order valence-electron chi connectivity index (χ1n) is 2.96. The van der Waals surface area contributed by atoms with E-state index in [1.165, 1.54) is 0 Å². The molecule has 0 aliphatic carbocycles. The van der Waals surface area contributed by atoms with Crippen molar-refractivity contribution in [2.45, 2.75) is 11.8 Å². The van der Waals surface area contributed by atoms with Gasteiger partial charge in [-0.3, -0.25) is 4.21 Å². The Morgan fingerprint density at radius 1 is 1.50 bits per heavy atom. The molecular weight excluding hydrogens is 298 g/mol. The second kappa shape index (κ2) is 5.72. The average Bonchev–Trinajstić information content (AvgIpc) is 1.94. The molecule has 1 atom stereocenters. The minimum Gasteiger partial charge on any atom is -0.768 e. The van der Waals surface area contributed by atoms with Crippen molar-refractivity contribution in [3.63, 3.8) is 0 Å². The molecule has 0 amide bonds. The van der Waals surface area contributed by atoms with Gasteiger partial charge in [-0.1, -0.05) is 6.07 Å². The van der Waals surface area contributed by atoms with Gasteiger partial charge in [0, 0.05) is 8.47 Å². The minimum absolute atomic E-state index is 0. The molecule has 1 rings (SSSR count). The normalized spacial score (nSPS) is 11.9. The van der Waals surface area contributed by atoms with Gasteiger partial charge < -0.3 is 4.55 Å². The first-order chi connectivity index (χ1) is 5.11. The maximum atomic E-state index is 10.6. The second-order valence-corrected chi connectivity index (χ2v) is 4.24. The smallest absolute Gasteiger partial charge is 0.768 e. The van der Waals surface area contributed by atoms with Crippen LogP contribution in [-0.2, 0) is 11.1 Å². The minimum atomic E-state index is -2.11. The maximum Gasteiger partial charge on any atom is 1.00 e. The number of aryl methyl sites for hydroxylation is 1. The molecule has 12 heavy (non-hydrogen) atoms. The van der Waals surface area contributed by atoms with Crippen LogP contribution >= 0.6 is 22.6 Å². The number of hydrogen-bond acceptors (Lipinski definition) is 2. The Morgan fingerprint density at radius 2 is 2.08 bits per heavy atom. The van der Waals surface area contributed by atoms with E-state index in [0.717, 1.165) is 9.13 Å². The van der Waals surface area contributed by atoms with Crippen LogP contribution in [0.4, 0.5) is 0 Å². The van der Waals surface area contributed by atoms with E-state index >= 15 is 0 Å². The van der Waals surface area contributed by atoms with E-state index in [4.69, 9.17) is 0 Å². The van der Waals surface area contributed by atoms with Crippen molar-refractivity contribution >= 4 is 33.7 Å². The van der Waals surface area contributed by atoms with E-state index in [-0.39, 0.29) is 29.6 Å². The van der Waals surface area contributed by atoms with Gasteiger partial charge in [-0.2, -0.15) is 0 Å². The molecule has 5 heteroatoms. The molecule has 2 nitrogen and oxygen atoms in total. The van der Waals surface area contributed by atoms with Crippen molar-refractivity contribution in [3.05, 3.63) is 27.3 Å². The monoisotopic (exact) mass is 304 g/mol. The van der Waals surface area contributed by atoms with Crippen LogP contribution in [0.5, 0.6) is 0 Å². The van der Waals surface area contributed by atoms with Gasteiger partial charge >= 0.3 is 29.6 Å². The summed E-state index contributed by atoms with van der Waals surface area (Å²) in [6.07, 6.45) is 0. The third-order valence-corrected chi connectivity index (χ3v) is 3.27. The summed E-state index contributed by atoms with van der Waals surface area (Å²) in [6.45, 7) is 1.87. The Kier molecular flexibility index (Phi) is 6.22. The molecule has 1 unspecified atom stereocenters. The molecular formula is C7H6INaO2S. The first-order valence-corrected chi connectivity index (χ1v) is 5.12. The van der Waals surface area contributed by atoms with Crippen molar-refractivity contribution in [2.75, 3.05) is 0 Å². The summed E-state index contributed by atoms with van der Waals surface area (Å²) < 4.78 is 21.9. The Morgan fingerprint density at radius 3 is 2.50 bits per heavy atom. The molecule has 0 heterocycles. The van der Waals surface area contributed by atoms with Gasteiger partial charge in [0.2, 0.25) is 0 Å². The molecule has 0 saturated carbocycles. The summed E-state index contributed by atoms with van der Waals surface area (Å²) in [6, 6.07) is 5.34. The van der Waals surface area contributed by atoms with Crippen LogP contribution in [0.3, 0.4) is 0 Å². The summed E-state index contributed by atoms with van der Waals surface area (Å²) in [5.74, 6) is 0. The molecule has 0 saturated heterocycles. The van der Waals surface area contributed by atoms with Crippen LogP contribution in [-0.4, -0.2) is 8.76 Å². The molecule has 0 radical (unpaired) electrons. The summed E-state index contributed by atoms with van der Waals surface area (Å²) in [5.41, 5.74) is 0.963. The Labute approximate surface area is 110 Å². The number of hydrogen-bond donors (Lipinski definition) is 0. The first kappa shape index (κ1) is 13.1. The SMILES string of the molecule is Cc1ccc(I)c(S(=O)[O-])c1.[Na+]. The van der Waals surface area contributed by atoms with Crippen LogP contribution in [0, 0.1) is 10.5 Å².